The Morgan fingerprint density at radius 1 is 1.26 bits per heavy atom. The van der Waals surface area contributed by atoms with Gasteiger partial charge in [0.1, 0.15) is 5.37 Å². The van der Waals surface area contributed by atoms with Crippen molar-refractivity contribution < 1.29 is 14.6 Å². The Hall–Kier alpha value is -1.40. The highest BCUT2D eigenvalue weighted by Crippen LogP contribution is 2.41. The first-order valence-corrected chi connectivity index (χ1v) is 9.24. The predicted molar refractivity (Wildman–Crippen MR) is 91.9 cm³/mol. The lowest BCUT2D eigenvalue weighted by Crippen LogP contribution is -2.39. The largest absolute Gasteiger partial charge is 0.504 e. The smallest absolute Gasteiger partial charge is 0.233 e. The number of rotatable bonds is 5. The minimum absolute atomic E-state index is 0.0155. The number of likely N-dealkylation sites (tertiary alicyclic amines) is 1. The van der Waals surface area contributed by atoms with Crippen LogP contribution < -0.4 is 4.74 Å². The van der Waals surface area contributed by atoms with Crippen molar-refractivity contribution in [1.29, 1.82) is 0 Å². The summed E-state index contributed by atoms with van der Waals surface area (Å²) in [7, 11) is 1.54. The van der Waals surface area contributed by atoms with Crippen LogP contribution in [0, 0.1) is 0 Å². The maximum Gasteiger partial charge on any atom is 0.233 e. The van der Waals surface area contributed by atoms with E-state index < -0.39 is 0 Å². The van der Waals surface area contributed by atoms with Gasteiger partial charge in [0.15, 0.2) is 11.5 Å². The highest BCUT2D eigenvalue weighted by Gasteiger charge is 2.33. The number of phenolic OH excluding ortho intramolecular Hbond substituents is 1. The Bertz CT molecular complexity index is 561. The van der Waals surface area contributed by atoms with Gasteiger partial charge in [-0.1, -0.05) is 12.5 Å². The molecule has 2 aliphatic heterocycles. The number of carbonyl (C=O) groups excluding carboxylic acids is 1. The number of hydrogen-bond donors (Lipinski definition) is 1. The second-order valence-electron chi connectivity index (χ2n) is 6.08. The average Bonchev–Trinajstić information content (AvgIpc) is 2.95. The molecule has 0 aromatic heterocycles. The number of thioether (sulfide) groups is 1. The molecule has 1 aromatic rings. The van der Waals surface area contributed by atoms with Gasteiger partial charge in [0.25, 0.3) is 0 Å². The molecule has 5 nitrogen and oxygen atoms in total. The monoisotopic (exact) mass is 336 g/mol. The number of methoxy groups -OCH3 is 1. The van der Waals surface area contributed by atoms with Gasteiger partial charge in [0, 0.05) is 13.1 Å². The number of piperidine rings is 1. The molecule has 3 rings (SSSR count). The standard InChI is InChI=1S/C17H24N2O3S/c1-22-15-11-13(5-6-14(15)20)17-19(16(21)12-23-17)10-9-18-7-3-2-4-8-18/h5-6,11,17,20H,2-4,7-10,12H2,1H3/t17-/m1/s1. The predicted octanol–water partition coefficient (Wildman–Crippen LogP) is 2.46. The van der Waals surface area contributed by atoms with Crippen LogP contribution in [0.1, 0.15) is 30.2 Å². The number of nitrogens with zero attached hydrogens (tertiary/aromatic N) is 2. The summed E-state index contributed by atoms with van der Waals surface area (Å²) in [6.07, 6.45) is 3.85. The Balaban J connectivity index is 1.69. The molecule has 1 amide bonds. The van der Waals surface area contributed by atoms with Crippen molar-refractivity contribution in [3.63, 3.8) is 0 Å². The van der Waals surface area contributed by atoms with Crippen LogP contribution in [0.25, 0.3) is 0 Å². The fourth-order valence-electron chi connectivity index (χ4n) is 3.25. The van der Waals surface area contributed by atoms with Crippen molar-refractivity contribution >= 4 is 17.7 Å². The highest BCUT2D eigenvalue weighted by atomic mass is 32.2. The summed E-state index contributed by atoms with van der Waals surface area (Å²) in [6, 6.07) is 5.35. The second kappa shape index (κ2) is 7.45. The van der Waals surface area contributed by atoms with Gasteiger partial charge in [0.2, 0.25) is 5.91 Å². The lowest BCUT2D eigenvalue weighted by Gasteiger charge is -2.30. The third-order valence-corrected chi connectivity index (χ3v) is 5.82. The van der Waals surface area contributed by atoms with E-state index in [1.165, 1.54) is 19.3 Å². The van der Waals surface area contributed by atoms with E-state index in [0.717, 1.165) is 31.7 Å². The summed E-state index contributed by atoms with van der Waals surface area (Å²) in [5.74, 6) is 1.31. The summed E-state index contributed by atoms with van der Waals surface area (Å²) < 4.78 is 5.19. The van der Waals surface area contributed by atoms with Crippen molar-refractivity contribution in [3.8, 4) is 11.5 Å². The summed E-state index contributed by atoms with van der Waals surface area (Å²) >= 11 is 1.64. The summed E-state index contributed by atoms with van der Waals surface area (Å²) in [4.78, 5) is 16.7. The Morgan fingerprint density at radius 2 is 2.04 bits per heavy atom. The molecule has 1 atom stereocenters. The molecule has 0 spiro atoms. The molecular formula is C17H24N2O3S. The Kier molecular flexibility index (Phi) is 5.33. The van der Waals surface area contributed by atoms with Crippen LogP contribution in [0.4, 0.5) is 0 Å². The highest BCUT2D eigenvalue weighted by molar-refractivity contribution is 8.00. The molecule has 23 heavy (non-hydrogen) atoms. The van der Waals surface area contributed by atoms with Crippen LogP contribution in [0.2, 0.25) is 0 Å². The Morgan fingerprint density at radius 3 is 2.78 bits per heavy atom. The molecule has 0 saturated carbocycles. The van der Waals surface area contributed by atoms with Crippen molar-refractivity contribution in [3.05, 3.63) is 23.8 Å². The summed E-state index contributed by atoms with van der Waals surface area (Å²) in [5.41, 5.74) is 1.01. The maximum absolute atomic E-state index is 12.3. The van der Waals surface area contributed by atoms with Crippen LogP contribution in [0.3, 0.4) is 0 Å². The number of ether oxygens (including phenoxy) is 1. The van der Waals surface area contributed by atoms with E-state index in [1.54, 1.807) is 24.9 Å². The molecule has 0 unspecified atom stereocenters. The molecule has 126 valence electrons. The molecule has 1 N–H and O–H groups in total. The molecule has 0 radical (unpaired) electrons. The van der Waals surface area contributed by atoms with Gasteiger partial charge in [-0.3, -0.25) is 4.79 Å². The van der Waals surface area contributed by atoms with E-state index in [9.17, 15) is 9.90 Å². The number of phenols is 1. The van der Waals surface area contributed by atoms with E-state index in [4.69, 9.17) is 4.74 Å². The van der Waals surface area contributed by atoms with Gasteiger partial charge in [0.05, 0.1) is 12.9 Å². The van der Waals surface area contributed by atoms with Gasteiger partial charge in [-0.15, -0.1) is 11.8 Å². The molecule has 1 aromatic carbocycles. The van der Waals surface area contributed by atoms with Crippen molar-refractivity contribution in [2.45, 2.75) is 24.6 Å². The van der Waals surface area contributed by atoms with Gasteiger partial charge < -0.3 is 19.6 Å². The number of carbonyl (C=O) groups is 1. The fourth-order valence-corrected chi connectivity index (χ4v) is 4.46. The lowest BCUT2D eigenvalue weighted by atomic mass is 10.1. The van der Waals surface area contributed by atoms with Crippen LogP contribution in [-0.2, 0) is 4.79 Å². The first-order chi connectivity index (χ1) is 11.2. The summed E-state index contributed by atoms with van der Waals surface area (Å²) in [6.45, 7) is 4.00. The van der Waals surface area contributed by atoms with E-state index >= 15 is 0 Å². The second-order valence-corrected chi connectivity index (χ2v) is 7.15. The first kappa shape index (κ1) is 16.5. The molecule has 6 heteroatoms. The number of benzene rings is 1. The number of hydrogen-bond acceptors (Lipinski definition) is 5. The maximum atomic E-state index is 12.3. The zero-order chi connectivity index (χ0) is 16.2. The van der Waals surface area contributed by atoms with Crippen molar-refractivity contribution in [2.24, 2.45) is 0 Å². The minimum Gasteiger partial charge on any atom is -0.504 e. The zero-order valence-electron chi connectivity index (χ0n) is 13.5. The number of aromatic hydroxyl groups is 1. The third-order valence-electron chi connectivity index (χ3n) is 4.56. The van der Waals surface area contributed by atoms with E-state index in [0.29, 0.717) is 11.5 Å². The van der Waals surface area contributed by atoms with Gasteiger partial charge in [-0.2, -0.15) is 0 Å². The average molecular weight is 336 g/mol. The fraction of sp³-hybridized carbons (Fsp3) is 0.588. The topological polar surface area (TPSA) is 53.0 Å². The van der Waals surface area contributed by atoms with Crippen LogP contribution >= 0.6 is 11.8 Å². The molecule has 0 bridgehead atoms. The molecule has 2 fully saturated rings. The number of amides is 1. The summed E-state index contributed by atoms with van der Waals surface area (Å²) in [5, 5.41) is 9.77. The zero-order valence-corrected chi connectivity index (χ0v) is 14.3. The Labute approximate surface area is 141 Å². The normalized spacial score (nSPS) is 22.6. The van der Waals surface area contributed by atoms with Crippen LogP contribution in [0.15, 0.2) is 18.2 Å². The lowest BCUT2D eigenvalue weighted by molar-refractivity contribution is -0.128. The molecule has 2 heterocycles. The van der Waals surface area contributed by atoms with Crippen molar-refractivity contribution in [2.75, 3.05) is 39.0 Å². The van der Waals surface area contributed by atoms with Gasteiger partial charge >= 0.3 is 0 Å². The molecule has 0 aliphatic carbocycles. The molecule has 2 aliphatic rings. The van der Waals surface area contributed by atoms with E-state index in [1.807, 2.05) is 17.0 Å². The van der Waals surface area contributed by atoms with Crippen molar-refractivity contribution in [1.82, 2.24) is 9.80 Å². The van der Waals surface area contributed by atoms with Gasteiger partial charge in [-0.25, -0.2) is 0 Å². The van der Waals surface area contributed by atoms with E-state index in [2.05, 4.69) is 4.90 Å². The third kappa shape index (κ3) is 3.75. The van der Waals surface area contributed by atoms with Crippen LogP contribution in [0.5, 0.6) is 11.5 Å². The van der Waals surface area contributed by atoms with E-state index in [-0.39, 0.29) is 17.0 Å². The van der Waals surface area contributed by atoms with Crippen LogP contribution in [-0.4, -0.2) is 59.9 Å². The minimum atomic E-state index is 0.0155. The van der Waals surface area contributed by atoms with Gasteiger partial charge in [-0.05, 0) is 43.6 Å². The molecular weight excluding hydrogens is 312 g/mol. The first-order valence-electron chi connectivity index (χ1n) is 8.19. The SMILES string of the molecule is COc1cc([C@H]2SCC(=O)N2CCN2CCCCC2)ccc1O. The quantitative estimate of drug-likeness (QED) is 0.895. The molecule has 2 saturated heterocycles.